The van der Waals surface area contributed by atoms with Crippen molar-refractivity contribution >= 4 is 11.7 Å². The molecule has 6 nitrogen and oxygen atoms in total. The van der Waals surface area contributed by atoms with Gasteiger partial charge in [0.2, 0.25) is 0 Å². The summed E-state index contributed by atoms with van der Waals surface area (Å²) in [6.45, 7) is 4.95. The highest BCUT2D eigenvalue weighted by Crippen LogP contribution is 2.31. The van der Waals surface area contributed by atoms with Crippen molar-refractivity contribution in [2.45, 2.75) is 51.2 Å². The number of aryl methyl sites for hydroxylation is 1. The molecule has 2 heterocycles. The molecular formula is C14H24N4O2. The Bertz CT molecular complexity index is 480. The molecule has 0 radical (unpaired) electrons. The molecule has 1 aromatic heterocycles. The number of carbonyl (C=O) groups is 1. The molecule has 1 aliphatic rings. The summed E-state index contributed by atoms with van der Waals surface area (Å²) >= 11 is 0. The minimum absolute atomic E-state index is 0.101. The molecule has 112 valence electrons. The number of ether oxygens (including phenoxy) is 1. The maximum atomic E-state index is 12.2. The molecule has 0 bridgehead atoms. The van der Waals surface area contributed by atoms with Crippen molar-refractivity contribution in [1.82, 2.24) is 15.1 Å². The van der Waals surface area contributed by atoms with E-state index in [1.165, 1.54) is 10.9 Å². The minimum atomic E-state index is -0.149. The van der Waals surface area contributed by atoms with Crippen molar-refractivity contribution in [3.05, 3.63) is 11.8 Å². The van der Waals surface area contributed by atoms with Crippen LogP contribution in [0.1, 0.15) is 49.9 Å². The molecule has 1 fully saturated rings. The van der Waals surface area contributed by atoms with E-state index in [1.54, 1.807) is 7.05 Å². The number of hydrogen-bond donors (Lipinski definition) is 2. The topological polar surface area (TPSA) is 82.2 Å². The quantitative estimate of drug-likeness (QED) is 0.875. The summed E-state index contributed by atoms with van der Waals surface area (Å²) in [5.74, 6) is 0.246. The third kappa shape index (κ3) is 2.80. The molecule has 20 heavy (non-hydrogen) atoms. The third-order valence-electron chi connectivity index (χ3n) is 4.35. The first-order valence-electron chi connectivity index (χ1n) is 7.23. The number of nitrogens with two attached hydrogens (primary N) is 1. The van der Waals surface area contributed by atoms with Crippen molar-refractivity contribution in [3.63, 3.8) is 0 Å². The van der Waals surface area contributed by atoms with Crippen LogP contribution in [0.4, 0.5) is 5.82 Å². The smallest absolute Gasteiger partial charge is 0.256 e. The lowest BCUT2D eigenvalue weighted by Gasteiger charge is -2.40. The van der Waals surface area contributed by atoms with Gasteiger partial charge in [0.15, 0.2) is 0 Å². The van der Waals surface area contributed by atoms with E-state index in [1.807, 2.05) is 0 Å². The predicted octanol–water partition coefficient (Wildman–Crippen LogP) is 1.47. The van der Waals surface area contributed by atoms with Crippen LogP contribution >= 0.6 is 0 Å². The van der Waals surface area contributed by atoms with Crippen molar-refractivity contribution < 1.29 is 9.53 Å². The van der Waals surface area contributed by atoms with Crippen LogP contribution in [0.25, 0.3) is 0 Å². The first-order valence-corrected chi connectivity index (χ1v) is 7.23. The molecule has 0 spiro atoms. The van der Waals surface area contributed by atoms with Gasteiger partial charge < -0.3 is 15.8 Å². The van der Waals surface area contributed by atoms with Gasteiger partial charge >= 0.3 is 0 Å². The standard InChI is InChI=1S/C14H24N4O2/c1-4-14(5-2)8-10(6-7-20-14)17-13(19)11-9-16-18(3)12(11)15/h9-10H,4-8,15H2,1-3H3,(H,17,19). The molecule has 1 amide bonds. The number of nitrogens with one attached hydrogen (secondary N) is 1. The van der Waals surface area contributed by atoms with E-state index in [9.17, 15) is 4.79 Å². The fraction of sp³-hybridized carbons (Fsp3) is 0.714. The SMILES string of the molecule is CCC1(CC)CC(NC(=O)c2cnn(C)c2N)CCO1. The number of amides is 1. The monoisotopic (exact) mass is 280 g/mol. The minimum Gasteiger partial charge on any atom is -0.383 e. The Labute approximate surface area is 119 Å². The van der Waals surface area contributed by atoms with Crippen LogP contribution in [0.2, 0.25) is 0 Å². The van der Waals surface area contributed by atoms with E-state index < -0.39 is 0 Å². The fourth-order valence-electron chi connectivity index (χ4n) is 2.78. The second kappa shape index (κ2) is 5.83. The number of nitrogen functional groups attached to an aromatic ring is 1. The van der Waals surface area contributed by atoms with Gasteiger partial charge in [0, 0.05) is 19.7 Å². The van der Waals surface area contributed by atoms with Crippen LogP contribution in [0.15, 0.2) is 6.20 Å². The van der Waals surface area contributed by atoms with E-state index in [4.69, 9.17) is 10.5 Å². The van der Waals surface area contributed by atoms with Crippen LogP contribution in [0.5, 0.6) is 0 Å². The number of hydrogen-bond acceptors (Lipinski definition) is 4. The van der Waals surface area contributed by atoms with E-state index in [2.05, 4.69) is 24.3 Å². The van der Waals surface area contributed by atoms with Gasteiger partial charge in [-0.1, -0.05) is 13.8 Å². The van der Waals surface area contributed by atoms with Crippen LogP contribution in [-0.2, 0) is 11.8 Å². The molecule has 1 aromatic rings. The van der Waals surface area contributed by atoms with Gasteiger partial charge in [0.05, 0.1) is 11.8 Å². The average molecular weight is 280 g/mol. The summed E-state index contributed by atoms with van der Waals surface area (Å²) in [7, 11) is 1.72. The number of rotatable bonds is 4. The molecule has 0 aromatic carbocycles. The molecular weight excluding hydrogens is 256 g/mol. The summed E-state index contributed by atoms with van der Waals surface area (Å²) in [5, 5.41) is 7.06. The summed E-state index contributed by atoms with van der Waals surface area (Å²) < 4.78 is 7.42. The summed E-state index contributed by atoms with van der Waals surface area (Å²) in [5.41, 5.74) is 6.17. The molecule has 6 heteroatoms. The molecule has 1 unspecified atom stereocenters. The Kier molecular flexibility index (Phi) is 4.32. The first kappa shape index (κ1) is 14.8. The Morgan fingerprint density at radius 3 is 2.85 bits per heavy atom. The molecule has 0 saturated carbocycles. The van der Waals surface area contributed by atoms with Crippen molar-refractivity contribution in [1.29, 1.82) is 0 Å². The van der Waals surface area contributed by atoms with Crippen LogP contribution in [0, 0.1) is 0 Å². The first-order chi connectivity index (χ1) is 9.51. The molecule has 3 N–H and O–H groups in total. The predicted molar refractivity (Wildman–Crippen MR) is 77.4 cm³/mol. The van der Waals surface area contributed by atoms with Crippen molar-refractivity contribution in [2.24, 2.45) is 7.05 Å². The number of carbonyl (C=O) groups excluding carboxylic acids is 1. The van der Waals surface area contributed by atoms with Crippen molar-refractivity contribution in [3.8, 4) is 0 Å². The highest BCUT2D eigenvalue weighted by atomic mass is 16.5. The zero-order valence-corrected chi connectivity index (χ0v) is 12.5. The Morgan fingerprint density at radius 1 is 1.60 bits per heavy atom. The van der Waals surface area contributed by atoms with Gasteiger partial charge in [-0.05, 0) is 25.7 Å². The molecule has 0 aliphatic carbocycles. The van der Waals surface area contributed by atoms with Crippen LogP contribution in [0.3, 0.4) is 0 Å². The zero-order valence-electron chi connectivity index (χ0n) is 12.5. The molecule has 1 saturated heterocycles. The van der Waals surface area contributed by atoms with Crippen LogP contribution in [-0.4, -0.2) is 33.9 Å². The van der Waals surface area contributed by atoms with Gasteiger partial charge in [0.25, 0.3) is 5.91 Å². The molecule has 1 atom stereocenters. The van der Waals surface area contributed by atoms with Crippen molar-refractivity contribution in [2.75, 3.05) is 12.3 Å². The highest BCUT2D eigenvalue weighted by Gasteiger charge is 2.35. The average Bonchev–Trinajstić information content (AvgIpc) is 2.79. The maximum Gasteiger partial charge on any atom is 0.256 e. The maximum absolute atomic E-state index is 12.2. The zero-order chi connectivity index (χ0) is 14.8. The summed E-state index contributed by atoms with van der Waals surface area (Å²) in [6.07, 6.45) is 5.13. The fourth-order valence-corrected chi connectivity index (χ4v) is 2.78. The van der Waals surface area contributed by atoms with Gasteiger partial charge in [-0.2, -0.15) is 5.10 Å². The van der Waals surface area contributed by atoms with E-state index >= 15 is 0 Å². The summed E-state index contributed by atoms with van der Waals surface area (Å²) in [4.78, 5) is 12.2. The molecule has 2 rings (SSSR count). The lowest BCUT2D eigenvalue weighted by molar-refractivity contribution is -0.0917. The second-order valence-electron chi connectivity index (χ2n) is 5.47. The second-order valence-corrected chi connectivity index (χ2v) is 5.47. The largest absolute Gasteiger partial charge is 0.383 e. The van der Waals surface area contributed by atoms with Crippen LogP contribution < -0.4 is 11.1 Å². The Hall–Kier alpha value is -1.56. The molecule has 1 aliphatic heterocycles. The van der Waals surface area contributed by atoms with E-state index in [0.717, 1.165) is 25.7 Å². The van der Waals surface area contributed by atoms with E-state index in [0.29, 0.717) is 18.0 Å². The van der Waals surface area contributed by atoms with E-state index in [-0.39, 0.29) is 17.6 Å². The Balaban J connectivity index is 2.03. The van der Waals surface area contributed by atoms with Gasteiger partial charge in [-0.25, -0.2) is 0 Å². The highest BCUT2D eigenvalue weighted by molar-refractivity contribution is 5.98. The third-order valence-corrected chi connectivity index (χ3v) is 4.35. The number of nitrogens with zero attached hydrogens (tertiary/aromatic N) is 2. The normalized spacial score (nSPS) is 21.6. The van der Waals surface area contributed by atoms with Gasteiger partial charge in [0.1, 0.15) is 11.4 Å². The van der Waals surface area contributed by atoms with Gasteiger partial charge in [-0.15, -0.1) is 0 Å². The number of aromatic nitrogens is 2. The Morgan fingerprint density at radius 2 is 2.30 bits per heavy atom. The number of anilines is 1. The summed E-state index contributed by atoms with van der Waals surface area (Å²) in [6, 6.07) is 0.135. The van der Waals surface area contributed by atoms with Gasteiger partial charge in [-0.3, -0.25) is 9.48 Å². The lowest BCUT2D eigenvalue weighted by Crippen LogP contribution is -2.48. The lowest BCUT2D eigenvalue weighted by atomic mass is 9.86.